The molecule has 1 aromatic carbocycles. The standard InChI is InChI=1S/C21H29N3O/c1-4-24-16(2)19(14-22-24)15-23(3)21(25)20(18-12-8-9-13-18)17-10-6-5-7-11-17/h5-7,10-11,14,18,20H,4,8-9,12-13,15H2,1-3H3/t20-/m0/s1. The molecule has 1 aliphatic carbocycles. The van der Waals surface area contributed by atoms with Gasteiger partial charge in [0.2, 0.25) is 5.91 Å². The van der Waals surface area contributed by atoms with Crippen LogP contribution in [0.1, 0.15) is 55.3 Å². The van der Waals surface area contributed by atoms with Crippen LogP contribution < -0.4 is 0 Å². The Labute approximate surface area is 150 Å². The van der Waals surface area contributed by atoms with Crippen molar-refractivity contribution < 1.29 is 4.79 Å². The van der Waals surface area contributed by atoms with Gasteiger partial charge in [-0.3, -0.25) is 9.48 Å². The fraction of sp³-hybridized carbons (Fsp3) is 0.524. The molecule has 1 saturated carbocycles. The van der Waals surface area contributed by atoms with Gasteiger partial charge in [-0.2, -0.15) is 5.10 Å². The maximum atomic E-state index is 13.3. The molecule has 134 valence electrons. The first-order chi connectivity index (χ1) is 12.1. The highest BCUT2D eigenvalue weighted by molar-refractivity contribution is 5.84. The molecular weight excluding hydrogens is 310 g/mol. The zero-order valence-corrected chi connectivity index (χ0v) is 15.6. The second-order valence-corrected chi connectivity index (χ2v) is 7.20. The summed E-state index contributed by atoms with van der Waals surface area (Å²) in [6, 6.07) is 10.3. The van der Waals surface area contributed by atoms with Crippen LogP contribution in [0.2, 0.25) is 0 Å². The zero-order valence-electron chi connectivity index (χ0n) is 15.6. The molecule has 1 aromatic heterocycles. The molecule has 4 nitrogen and oxygen atoms in total. The van der Waals surface area contributed by atoms with Crippen LogP contribution in [0, 0.1) is 12.8 Å². The normalized spacial score (nSPS) is 16.1. The molecule has 1 atom stereocenters. The number of nitrogens with zero attached hydrogens (tertiary/aromatic N) is 3. The molecule has 0 saturated heterocycles. The number of rotatable bonds is 6. The van der Waals surface area contributed by atoms with Crippen molar-refractivity contribution in [2.45, 2.75) is 58.5 Å². The number of carbonyl (C=O) groups is 1. The van der Waals surface area contributed by atoms with Gasteiger partial charge in [-0.05, 0) is 38.2 Å². The van der Waals surface area contributed by atoms with Crippen molar-refractivity contribution in [1.82, 2.24) is 14.7 Å². The summed E-state index contributed by atoms with van der Waals surface area (Å²) in [6.45, 7) is 5.65. The Hall–Kier alpha value is -2.10. The number of aromatic nitrogens is 2. The molecule has 4 heteroatoms. The number of aryl methyl sites for hydroxylation is 1. The molecule has 3 rings (SSSR count). The smallest absolute Gasteiger partial charge is 0.230 e. The molecule has 0 bridgehead atoms. The van der Waals surface area contributed by atoms with Crippen molar-refractivity contribution >= 4 is 5.91 Å². The highest BCUT2D eigenvalue weighted by Crippen LogP contribution is 2.38. The number of amides is 1. The van der Waals surface area contributed by atoms with Crippen LogP contribution in [-0.2, 0) is 17.9 Å². The molecular formula is C21H29N3O. The third-order valence-electron chi connectivity index (χ3n) is 5.58. The summed E-state index contributed by atoms with van der Waals surface area (Å²) in [6.07, 6.45) is 6.70. The van der Waals surface area contributed by atoms with E-state index in [1.54, 1.807) is 0 Å². The van der Waals surface area contributed by atoms with E-state index in [9.17, 15) is 4.79 Å². The lowest BCUT2D eigenvalue weighted by Gasteiger charge is -2.28. The average molecular weight is 339 g/mol. The molecule has 0 aliphatic heterocycles. The van der Waals surface area contributed by atoms with E-state index in [0.717, 1.165) is 36.2 Å². The Kier molecular flexibility index (Phi) is 5.57. The van der Waals surface area contributed by atoms with Gasteiger partial charge in [0.05, 0.1) is 12.1 Å². The van der Waals surface area contributed by atoms with Crippen LogP contribution >= 0.6 is 0 Å². The first kappa shape index (κ1) is 17.7. The van der Waals surface area contributed by atoms with Gasteiger partial charge in [0.15, 0.2) is 0 Å². The molecule has 0 N–H and O–H groups in total. The summed E-state index contributed by atoms with van der Waals surface area (Å²) < 4.78 is 1.99. The second-order valence-electron chi connectivity index (χ2n) is 7.20. The predicted octanol–water partition coefficient (Wildman–Crippen LogP) is 4.14. The van der Waals surface area contributed by atoms with Crippen LogP contribution in [0.3, 0.4) is 0 Å². The summed E-state index contributed by atoms with van der Waals surface area (Å²) in [7, 11) is 1.93. The van der Waals surface area contributed by atoms with Crippen molar-refractivity contribution in [3.05, 3.63) is 53.3 Å². The van der Waals surface area contributed by atoms with E-state index in [1.165, 1.54) is 12.8 Å². The van der Waals surface area contributed by atoms with Crippen molar-refractivity contribution in [2.24, 2.45) is 5.92 Å². The Morgan fingerprint density at radius 2 is 1.96 bits per heavy atom. The summed E-state index contributed by atoms with van der Waals surface area (Å²) in [5, 5.41) is 4.41. The first-order valence-corrected chi connectivity index (χ1v) is 9.43. The Balaban J connectivity index is 1.80. The molecule has 0 spiro atoms. The Morgan fingerprint density at radius 1 is 1.28 bits per heavy atom. The van der Waals surface area contributed by atoms with Crippen molar-refractivity contribution in [3.8, 4) is 0 Å². The predicted molar refractivity (Wildman–Crippen MR) is 100 cm³/mol. The lowest BCUT2D eigenvalue weighted by molar-refractivity contribution is -0.133. The minimum Gasteiger partial charge on any atom is -0.341 e. The number of carbonyl (C=O) groups excluding carboxylic acids is 1. The number of benzene rings is 1. The van der Waals surface area contributed by atoms with Crippen LogP contribution in [0.5, 0.6) is 0 Å². The summed E-state index contributed by atoms with van der Waals surface area (Å²) >= 11 is 0. The van der Waals surface area contributed by atoms with E-state index in [1.807, 2.05) is 41.0 Å². The zero-order chi connectivity index (χ0) is 17.8. The summed E-state index contributed by atoms with van der Waals surface area (Å²) in [5.41, 5.74) is 3.45. The van der Waals surface area contributed by atoms with Gasteiger partial charge in [0.25, 0.3) is 0 Å². The quantitative estimate of drug-likeness (QED) is 0.793. The third-order valence-corrected chi connectivity index (χ3v) is 5.58. The molecule has 1 amide bonds. The maximum Gasteiger partial charge on any atom is 0.230 e. The van der Waals surface area contributed by atoms with Crippen molar-refractivity contribution in [1.29, 1.82) is 0 Å². The first-order valence-electron chi connectivity index (χ1n) is 9.43. The van der Waals surface area contributed by atoms with E-state index >= 15 is 0 Å². The fourth-order valence-electron chi connectivity index (χ4n) is 4.10. The number of hydrogen-bond acceptors (Lipinski definition) is 2. The largest absolute Gasteiger partial charge is 0.341 e. The van der Waals surface area contributed by atoms with Crippen molar-refractivity contribution in [2.75, 3.05) is 7.05 Å². The lowest BCUT2D eigenvalue weighted by Crippen LogP contribution is -2.34. The fourth-order valence-corrected chi connectivity index (χ4v) is 4.10. The minimum atomic E-state index is -0.0183. The summed E-state index contributed by atoms with van der Waals surface area (Å²) in [4.78, 5) is 15.2. The highest BCUT2D eigenvalue weighted by Gasteiger charge is 2.33. The van der Waals surface area contributed by atoms with Gasteiger partial charge < -0.3 is 4.90 Å². The van der Waals surface area contributed by atoms with E-state index in [4.69, 9.17) is 0 Å². The van der Waals surface area contributed by atoms with Gasteiger partial charge in [-0.15, -0.1) is 0 Å². The van der Waals surface area contributed by atoms with E-state index < -0.39 is 0 Å². The molecule has 1 fully saturated rings. The average Bonchev–Trinajstić information content (AvgIpc) is 3.27. The van der Waals surface area contributed by atoms with Crippen LogP contribution in [0.15, 0.2) is 36.5 Å². The lowest BCUT2D eigenvalue weighted by atomic mass is 9.83. The Bertz CT molecular complexity index is 701. The van der Waals surface area contributed by atoms with E-state index in [0.29, 0.717) is 12.5 Å². The highest BCUT2D eigenvalue weighted by atomic mass is 16.2. The third kappa shape index (κ3) is 3.78. The SMILES string of the molecule is CCn1ncc(CN(C)C(=O)[C@@H](c2ccccc2)C2CCCC2)c1C. The van der Waals surface area contributed by atoms with Gasteiger partial charge in [0.1, 0.15) is 0 Å². The summed E-state index contributed by atoms with van der Waals surface area (Å²) in [5.74, 6) is 0.689. The van der Waals surface area contributed by atoms with E-state index in [-0.39, 0.29) is 11.8 Å². The molecule has 0 radical (unpaired) electrons. The topological polar surface area (TPSA) is 38.1 Å². The van der Waals surface area contributed by atoms with Crippen LogP contribution in [0.25, 0.3) is 0 Å². The van der Waals surface area contributed by atoms with Crippen LogP contribution in [0.4, 0.5) is 0 Å². The molecule has 2 aromatic rings. The molecule has 1 heterocycles. The van der Waals surface area contributed by atoms with Gasteiger partial charge in [0, 0.05) is 31.4 Å². The monoisotopic (exact) mass is 339 g/mol. The number of hydrogen-bond donors (Lipinski definition) is 0. The minimum absolute atomic E-state index is 0.0183. The molecule has 25 heavy (non-hydrogen) atoms. The molecule has 0 unspecified atom stereocenters. The molecule has 1 aliphatic rings. The maximum absolute atomic E-state index is 13.3. The van der Waals surface area contributed by atoms with Gasteiger partial charge in [-0.1, -0.05) is 43.2 Å². The van der Waals surface area contributed by atoms with Gasteiger partial charge in [-0.25, -0.2) is 0 Å². The van der Waals surface area contributed by atoms with E-state index in [2.05, 4.69) is 31.1 Å². The van der Waals surface area contributed by atoms with Crippen LogP contribution in [-0.4, -0.2) is 27.6 Å². The van der Waals surface area contributed by atoms with Gasteiger partial charge >= 0.3 is 0 Å². The number of likely N-dealkylation sites (N-methyl/N-ethyl adjacent to an activating group) is 1. The Morgan fingerprint density at radius 3 is 2.56 bits per heavy atom. The van der Waals surface area contributed by atoms with Crippen molar-refractivity contribution in [3.63, 3.8) is 0 Å². The second kappa shape index (κ2) is 7.85.